The topological polar surface area (TPSA) is 67.2 Å². The smallest absolute Gasteiger partial charge is 0.283 e. The molecule has 5 nitrogen and oxygen atoms in total. The lowest BCUT2D eigenvalue weighted by molar-refractivity contribution is 0.132. The van der Waals surface area contributed by atoms with Crippen LogP contribution in [0.25, 0.3) is 0 Å². The van der Waals surface area contributed by atoms with Crippen molar-refractivity contribution in [2.45, 2.75) is 59.6 Å². The van der Waals surface area contributed by atoms with Crippen molar-refractivity contribution in [3.05, 3.63) is 21.0 Å². The minimum Gasteiger partial charge on any atom is -0.391 e. The zero-order valence-electron chi connectivity index (χ0n) is 13.3. The number of anilines is 1. The van der Waals surface area contributed by atoms with Crippen LogP contribution in [0.5, 0.6) is 0 Å². The molecule has 0 aliphatic carbocycles. The Balaban J connectivity index is 2.68. The van der Waals surface area contributed by atoms with Crippen molar-refractivity contribution in [2.75, 3.05) is 11.9 Å². The van der Waals surface area contributed by atoms with Crippen molar-refractivity contribution in [3.8, 4) is 0 Å². The van der Waals surface area contributed by atoms with Gasteiger partial charge in [-0.3, -0.25) is 4.79 Å². The molecule has 1 aromatic rings. The predicted molar refractivity (Wildman–Crippen MR) is 89.7 cm³/mol. The number of hydrogen-bond donors (Lipinski definition) is 2. The van der Waals surface area contributed by atoms with E-state index in [4.69, 9.17) is 0 Å². The van der Waals surface area contributed by atoms with Crippen LogP contribution >= 0.6 is 15.9 Å². The first-order valence-corrected chi connectivity index (χ1v) is 8.21. The molecule has 1 atom stereocenters. The van der Waals surface area contributed by atoms with Gasteiger partial charge in [0.05, 0.1) is 18.0 Å². The molecule has 0 saturated heterocycles. The summed E-state index contributed by atoms with van der Waals surface area (Å²) in [5.74, 6) is 0. The van der Waals surface area contributed by atoms with Crippen LogP contribution in [0.1, 0.15) is 47.0 Å². The average Bonchev–Trinajstić information content (AvgIpc) is 2.37. The molecule has 0 radical (unpaired) electrons. The quantitative estimate of drug-likeness (QED) is 0.785. The molecule has 0 aromatic carbocycles. The number of halogens is 1. The van der Waals surface area contributed by atoms with Gasteiger partial charge in [0.1, 0.15) is 4.47 Å². The van der Waals surface area contributed by atoms with Crippen LogP contribution in [0.3, 0.4) is 0 Å². The maximum Gasteiger partial charge on any atom is 0.283 e. The number of nitrogens with one attached hydrogen (secondary N) is 1. The molecule has 1 unspecified atom stereocenters. The molecular weight excluding hydrogens is 334 g/mol. The van der Waals surface area contributed by atoms with Crippen LogP contribution < -0.4 is 10.9 Å². The van der Waals surface area contributed by atoms with E-state index >= 15 is 0 Å². The summed E-state index contributed by atoms with van der Waals surface area (Å²) in [4.78, 5) is 12.1. The molecule has 0 aliphatic heterocycles. The molecule has 0 spiro atoms. The third-order valence-corrected chi connectivity index (χ3v) is 3.85. The van der Waals surface area contributed by atoms with E-state index in [0.29, 0.717) is 29.7 Å². The SMILES string of the molecule is CCCCn1ncc(NCC(O)CC(C)(C)C)c(Br)c1=O. The maximum absolute atomic E-state index is 12.1. The van der Waals surface area contributed by atoms with E-state index in [1.54, 1.807) is 6.20 Å². The Hall–Kier alpha value is -0.880. The number of aliphatic hydroxyl groups excluding tert-OH is 1. The summed E-state index contributed by atoms with van der Waals surface area (Å²) in [5.41, 5.74) is 0.555. The van der Waals surface area contributed by atoms with Gasteiger partial charge in [0.15, 0.2) is 0 Å². The molecule has 2 N–H and O–H groups in total. The lowest BCUT2D eigenvalue weighted by Gasteiger charge is -2.23. The van der Waals surface area contributed by atoms with Gasteiger partial charge < -0.3 is 10.4 Å². The second kappa shape index (κ2) is 7.94. The summed E-state index contributed by atoms with van der Waals surface area (Å²) >= 11 is 3.32. The van der Waals surface area contributed by atoms with E-state index in [-0.39, 0.29) is 11.0 Å². The summed E-state index contributed by atoms with van der Waals surface area (Å²) in [6, 6.07) is 0. The number of aryl methyl sites for hydroxylation is 1. The van der Waals surface area contributed by atoms with Gasteiger partial charge >= 0.3 is 0 Å². The standard InChI is InChI=1S/C15H26BrN3O2/c1-5-6-7-19-14(21)13(16)12(10-18-19)17-9-11(20)8-15(2,3)4/h10-11,17,20H,5-9H2,1-4H3. The zero-order chi connectivity index (χ0) is 16.0. The highest BCUT2D eigenvalue weighted by Gasteiger charge is 2.17. The van der Waals surface area contributed by atoms with Crippen LogP contribution in [0.4, 0.5) is 5.69 Å². The van der Waals surface area contributed by atoms with Gasteiger partial charge in [-0.05, 0) is 34.2 Å². The molecule has 1 rings (SSSR count). The molecule has 1 aromatic heterocycles. The van der Waals surface area contributed by atoms with E-state index < -0.39 is 6.10 Å². The predicted octanol–water partition coefficient (Wildman–Crippen LogP) is 3.01. The number of aliphatic hydroxyl groups is 1. The molecule has 0 amide bonds. The van der Waals surface area contributed by atoms with Crippen LogP contribution in [0.2, 0.25) is 0 Å². The van der Waals surface area contributed by atoms with Crippen molar-refractivity contribution in [1.82, 2.24) is 9.78 Å². The lowest BCUT2D eigenvalue weighted by Crippen LogP contribution is -2.28. The summed E-state index contributed by atoms with van der Waals surface area (Å²) in [6.45, 7) is 9.36. The molecule has 120 valence electrons. The summed E-state index contributed by atoms with van der Waals surface area (Å²) in [6.07, 6.45) is 3.81. The van der Waals surface area contributed by atoms with E-state index in [0.717, 1.165) is 12.8 Å². The minimum atomic E-state index is -0.459. The second-order valence-electron chi connectivity index (χ2n) is 6.55. The van der Waals surface area contributed by atoms with Gasteiger partial charge in [0.25, 0.3) is 5.56 Å². The Bertz CT molecular complexity index is 509. The highest BCUT2D eigenvalue weighted by molar-refractivity contribution is 9.10. The highest BCUT2D eigenvalue weighted by Crippen LogP contribution is 2.22. The Labute approximate surface area is 134 Å². The third kappa shape index (κ3) is 6.18. The van der Waals surface area contributed by atoms with Gasteiger partial charge in [-0.1, -0.05) is 34.1 Å². The number of hydrogen-bond acceptors (Lipinski definition) is 4. The van der Waals surface area contributed by atoms with E-state index in [1.807, 2.05) is 0 Å². The first-order valence-electron chi connectivity index (χ1n) is 7.42. The monoisotopic (exact) mass is 359 g/mol. The van der Waals surface area contributed by atoms with Crippen molar-refractivity contribution in [3.63, 3.8) is 0 Å². The number of aromatic nitrogens is 2. The fourth-order valence-electron chi connectivity index (χ4n) is 2.06. The molecule has 6 heteroatoms. The molecule has 1 heterocycles. The van der Waals surface area contributed by atoms with Crippen molar-refractivity contribution in [2.24, 2.45) is 5.41 Å². The fourth-order valence-corrected chi connectivity index (χ4v) is 2.51. The summed E-state index contributed by atoms with van der Waals surface area (Å²) in [7, 11) is 0. The Morgan fingerprint density at radius 3 is 2.71 bits per heavy atom. The molecule has 0 saturated carbocycles. The normalized spacial score (nSPS) is 13.2. The highest BCUT2D eigenvalue weighted by atomic mass is 79.9. The molecule has 21 heavy (non-hydrogen) atoms. The lowest BCUT2D eigenvalue weighted by atomic mass is 9.89. The van der Waals surface area contributed by atoms with Crippen molar-refractivity contribution < 1.29 is 5.11 Å². The number of unbranched alkanes of at least 4 members (excludes halogenated alkanes) is 1. The first kappa shape index (κ1) is 18.2. The molecule has 0 aliphatic rings. The van der Waals surface area contributed by atoms with E-state index in [9.17, 15) is 9.90 Å². The first-order chi connectivity index (χ1) is 9.74. The van der Waals surface area contributed by atoms with Crippen molar-refractivity contribution in [1.29, 1.82) is 0 Å². The minimum absolute atomic E-state index is 0.0696. The second-order valence-corrected chi connectivity index (χ2v) is 7.35. The van der Waals surface area contributed by atoms with Gasteiger partial charge in [0, 0.05) is 13.1 Å². The van der Waals surface area contributed by atoms with Crippen LogP contribution in [-0.2, 0) is 6.54 Å². The van der Waals surface area contributed by atoms with E-state index in [2.05, 4.69) is 54.0 Å². The Morgan fingerprint density at radius 2 is 2.14 bits per heavy atom. The van der Waals surface area contributed by atoms with Crippen molar-refractivity contribution >= 4 is 21.6 Å². The van der Waals surface area contributed by atoms with Crippen LogP contribution in [0.15, 0.2) is 15.5 Å². The van der Waals surface area contributed by atoms with Gasteiger partial charge in [-0.15, -0.1) is 0 Å². The number of rotatable bonds is 7. The zero-order valence-corrected chi connectivity index (χ0v) is 14.9. The van der Waals surface area contributed by atoms with Gasteiger partial charge in [-0.25, -0.2) is 4.68 Å². The Kier molecular flexibility index (Phi) is 6.87. The summed E-state index contributed by atoms with van der Waals surface area (Å²) < 4.78 is 1.93. The van der Waals surface area contributed by atoms with Crippen LogP contribution in [-0.4, -0.2) is 27.5 Å². The average molecular weight is 360 g/mol. The fraction of sp³-hybridized carbons (Fsp3) is 0.733. The Morgan fingerprint density at radius 1 is 1.48 bits per heavy atom. The van der Waals surface area contributed by atoms with Gasteiger partial charge in [0.2, 0.25) is 0 Å². The molecular formula is C15H26BrN3O2. The third-order valence-electron chi connectivity index (χ3n) is 3.08. The number of nitrogens with zero attached hydrogens (tertiary/aromatic N) is 2. The molecule has 0 fully saturated rings. The van der Waals surface area contributed by atoms with Gasteiger partial charge in [-0.2, -0.15) is 5.10 Å². The van der Waals surface area contributed by atoms with E-state index in [1.165, 1.54) is 4.68 Å². The maximum atomic E-state index is 12.1. The van der Waals surface area contributed by atoms with Crippen LogP contribution in [0, 0.1) is 5.41 Å². The largest absolute Gasteiger partial charge is 0.391 e. The molecule has 0 bridgehead atoms. The summed E-state index contributed by atoms with van der Waals surface area (Å²) in [5, 5.41) is 17.2.